The molecule has 0 aliphatic heterocycles. The van der Waals surface area contributed by atoms with Gasteiger partial charge in [0.1, 0.15) is 6.04 Å². The van der Waals surface area contributed by atoms with Crippen LogP contribution in [0.25, 0.3) is 0 Å². The summed E-state index contributed by atoms with van der Waals surface area (Å²) in [5.74, 6) is -2.47. The number of carbonyl (C=O) groups is 2. The second kappa shape index (κ2) is 8.14. The molecule has 1 aliphatic carbocycles. The van der Waals surface area contributed by atoms with Gasteiger partial charge in [-0.2, -0.15) is 0 Å². The fourth-order valence-electron chi connectivity index (χ4n) is 3.05. The molecular weight excluding hydrogens is 290 g/mol. The minimum atomic E-state index is -2.22. The topological polar surface area (TPSA) is 66.4 Å². The van der Waals surface area contributed by atoms with E-state index in [9.17, 15) is 14.7 Å². The van der Waals surface area contributed by atoms with Crippen LogP contribution in [0, 0.1) is 17.7 Å². The van der Waals surface area contributed by atoms with E-state index in [1.54, 1.807) is 18.2 Å². The van der Waals surface area contributed by atoms with Crippen LogP contribution >= 0.6 is 0 Å². The molecule has 1 amide bonds. The van der Waals surface area contributed by atoms with Crippen molar-refractivity contribution in [2.24, 2.45) is 17.7 Å². The van der Waals surface area contributed by atoms with Crippen LogP contribution in [0.1, 0.15) is 49.2 Å². The molecule has 1 atom stereocenters. The summed E-state index contributed by atoms with van der Waals surface area (Å²) in [6.07, 6.45) is 0.470. The van der Waals surface area contributed by atoms with Crippen LogP contribution in [-0.4, -0.2) is 23.0 Å². The largest absolute Gasteiger partial charge is 0.480 e. The van der Waals surface area contributed by atoms with Gasteiger partial charge in [-0.05, 0) is 43.1 Å². The van der Waals surface area contributed by atoms with Crippen LogP contribution in [0.15, 0.2) is 30.3 Å². The summed E-state index contributed by atoms with van der Waals surface area (Å²) in [5, 5.41) is 11.9. The Hall–Kier alpha value is -1.84. The molecule has 23 heavy (non-hydrogen) atoms. The van der Waals surface area contributed by atoms with Crippen LogP contribution in [0.4, 0.5) is 0 Å². The number of carboxylic acid groups (broad SMARTS) is 1. The lowest BCUT2D eigenvalue weighted by molar-refractivity contribution is -0.142. The van der Waals surface area contributed by atoms with E-state index in [0.29, 0.717) is 12.8 Å². The van der Waals surface area contributed by atoms with Crippen molar-refractivity contribution in [2.45, 2.75) is 51.9 Å². The molecule has 2 N–H and O–H groups in total. The molecule has 1 fully saturated rings. The number of carboxylic acids is 1. The third-order valence-electron chi connectivity index (χ3n) is 4.53. The summed E-state index contributed by atoms with van der Waals surface area (Å²) in [6.45, 7) is 3.74. The van der Waals surface area contributed by atoms with Crippen LogP contribution in [0.3, 0.4) is 0 Å². The monoisotopic (exact) mass is 320 g/mol. The van der Waals surface area contributed by atoms with E-state index in [4.69, 9.17) is 4.11 Å². The van der Waals surface area contributed by atoms with Crippen molar-refractivity contribution in [3.8, 4) is 0 Å². The van der Waals surface area contributed by atoms with Crippen molar-refractivity contribution in [2.75, 3.05) is 0 Å². The molecule has 0 unspecified atom stereocenters. The molecule has 2 rings (SSSR count). The number of rotatable bonds is 6. The smallest absolute Gasteiger partial charge is 0.326 e. The lowest BCUT2D eigenvalue weighted by Crippen LogP contribution is -2.45. The molecule has 0 aromatic heterocycles. The Bertz CT molecular complexity index is 635. The average Bonchev–Trinajstić information content (AvgIpc) is 2.59. The van der Waals surface area contributed by atoms with Gasteiger partial charge in [-0.3, -0.25) is 4.79 Å². The van der Waals surface area contributed by atoms with Gasteiger partial charge in [-0.1, -0.05) is 44.2 Å². The van der Waals surface area contributed by atoms with Gasteiger partial charge in [0.05, 0.1) is 0 Å². The fraction of sp³-hybridized carbons (Fsp3) is 0.579. The first-order chi connectivity index (χ1) is 12.0. The highest BCUT2D eigenvalue weighted by Gasteiger charge is 2.30. The maximum absolute atomic E-state index is 12.6. The van der Waals surface area contributed by atoms with Gasteiger partial charge >= 0.3 is 5.97 Å². The van der Waals surface area contributed by atoms with Crippen molar-refractivity contribution in [3.05, 3.63) is 35.9 Å². The van der Waals surface area contributed by atoms with E-state index in [0.717, 1.165) is 12.8 Å². The van der Waals surface area contributed by atoms with Crippen molar-refractivity contribution < 1.29 is 18.8 Å². The predicted molar refractivity (Wildman–Crippen MR) is 90.0 cm³/mol. The first-order valence-electron chi connectivity index (χ1n) is 9.62. The van der Waals surface area contributed by atoms with E-state index in [1.807, 2.05) is 13.8 Å². The molecule has 4 heteroatoms. The summed E-state index contributed by atoms with van der Waals surface area (Å²) < 4.78 is 24.6. The summed E-state index contributed by atoms with van der Waals surface area (Å²) in [5.41, 5.74) is 0.215. The van der Waals surface area contributed by atoms with Gasteiger partial charge in [-0.15, -0.1) is 0 Å². The van der Waals surface area contributed by atoms with E-state index in [1.165, 1.54) is 12.1 Å². The second-order valence-electron chi connectivity index (χ2n) is 6.42. The molecule has 1 aliphatic rings. The van der Waals surface area contributed by atoms with E-state index in [2.05, 4.69) is 5.32 Å². The zero-order chi connectivity index (χ0) is 19.5. The van der Waals surface area contributed by atoms with Gasteiger partial charge in [0.15, 0.2) is 0 Å². The Morgan fingerprint density at radius 2 is 1.87 bits per heavy atom. The van der Waals surface area contributed by atoms with Crippen LogP contribution in [0.2, 0.25) is 0 Å². The predicted octanol–water partition coefficient (Wildman–Crippen LogP) is 3.26. The van der Waals surface area contributed by atoms with Crippen molar-refractivity contribution in [1.82, 2.24) is 5.32 Å². The molecule has 0 bridgehead atoms. The van der Waals surface area contributed by atoms with Crippen molar-refractivity contribution >= 4 is 11.9 Å². The first kappa shape index (κ1) is 13.6. The number of hydrogen-bond donors (Lipinski definition) is 2. The number of benzene rings is 1. The number of carbonyl (C=O) groups excluding carboxylic acids is 1. The molecule has 0 radical (unpaired) electrons. The summed E-state index contributed by atoms with van der Waals surface area (Å²) in [7, 11) is 0. The highest BCUT2D eigenvalue weighted by Crippen LogP contribution is 2.33. The van der Waals surface area contributed by atoms with Gasteiger partial charge < -0.3 is 10.4 Å². The Kier molecular flexibility index (Phi) is 4.81. The van der Waals surface area contributed by atoms with Gasteiger partial charge in [0, 0.05) is 16.4 Å². The molecule has 0 spiro atoms. The first-order valence-corrected chi connectivity index (χ1v) is 8.12. The summed E-state index contributed by atoms with van der Waals surface area (Å²) >= 11 is 0. The summed E-state index contributed by atoms with van der Waals surface area (Å²) in [4.78, 5) is 24.2. The molecule has 1 aromatic rings. The Morgan fingerprint density at radius 3 is 2.39 bits per heavy atom. The third kappa shape index (κ3) is 5.08. The Balaban J connectivity index is 2.07. The lowest BCUT2D eigenvalue weighted by Gasteiger charge is -2.30. The number of nitrogens with one attached hydrogen (secondary N) is 1. The molecule has 126 valence electrons. The molecule has 0 heterocycles. The standard InChI is InChI=1S/C19H27NO3/c1-13(2)15-8-10-16(11-9-15)18(21)20-17(19(22)23)12-14-6-4-3-5-7-14/h3-7,13,15-17H,8-12H2,1-2H3,(H,20,21)(H,22,23)/t15-,16-,17-/m1/s1/i12D2,13D. The van der Waals surface area contributed by atoms with E-state index in [-0.39, 0.29) is 17.4 Å². The van der Waals surface area contributed by atoms with Gasteiger partial charge in [0.25, 0.3) is 0 Å². The maximum atomic E-state index is 12.6. The molecular formula is C19H27NO3. The third-order valence-corrected chi connectivity index (χ3v) is 4.53. The van der Waals surface area contributed by atoms with Crippen molar-refractivity contribution in [3.63, 3.8) is 0 Å². The number of amides is 1. The SMILES string of the molecule is [2H]C([2H])(c1ccccc1)[C@@H](NC(=O)[C@H]1CC[C@H](C([2H])(C)C)CC1)C(=O)O. The zero-order valence-corrected chi connectivity index (χ0v) is 13.7. The molecule has 4 nitrogen and oxygen atoms in total. The maximum Gasteiger partial charge on any atom is 0.326 e. The van der Waals surface area contributed by atoms with Gasteiger partial charge in [-0.25, -0.2) is 4.79 Å². The number of aliphatic carboxylic acids is 1. The van der Waals surface area contributed by atoms with Crippen molar-refractivity contribution in [1.29, 1.82) is 0 Å². The lowest BCUT2D eigenvalue weighted by atomic mass is 9.76. The Labute approximate surface area is 142 Å². The number of hydrogen-bond acceptors (Lipinski definition) is 2. The molecule has 1 saturated carbocycles. The summed E-state index contributed by atoms with van der Waals surface area (Å²) in [6, 6.07) is 6.38. The van der Waals surface area contributed by atoms with Crippen LogP contribution in [-0.2, 0) is 16.0 Å². The fourth-order valence-corrected chi connectivity index (χ4v) is 3.05. The zero-order valence-electron chi connectivity index (χ0n) is 16.7. The van der Waals surface area contributed by atoms with Crippen LogP contribution in [0.5, 0.6) is 0 Å². The highest BCUT2D eigenvalue weighted by molar-refractivity contribution is 5.85. The highest BCUT2D eigenvalue weighted by atomic mass is 16.4. The quantitative estimate of drug-likeness (QED) is 0.845. The normalized spacial score (nSPS) is 25.6. The van der Waals surface area contributed by atoms with E-state index >= 15 is 0 Å². The van der Waals surface area contributed by atoms with E-state index < -0.39 is 30.2 Å². The van der Waals surface area contributed by atoms with Gasteiger partial charge in [0.2, 0.25) is 5.91 Å². The minimum absolute atomic E-state index is 0.215. The second-order valence-corrected chi connectivity index (χ2v) is 6.42. The van der Waals surface area contributed by atoms with Crippen LogP contribution < -0.4 is 5.32 Å². The minimum Gasteiger partial charge on any atom is -0.480 e. The molecule has 1 aromatic carbocycles. The molecule has 0 saturated heterocycles. The average molecular weight is 320 g/mol. The Morgan fingerprint density at radius 1 is 1.26 bits per heavy atom.